The maximum Gasteiger partial charge on any atom is 0.369 e. The van der Waals surface area contributed by atoms with E-state index in [4.69, 9.17) is 0 Å². The van der Waals surface area contributed by atoms with Crippen molar-refractivity contribution in [3.63, 3.8) is 0 Å². The van der Waals surface area contributed by atoms with Gasteiger partial charge >= 0.3 is 17.7 Å². The van der Waals surface area contributed by atoms with Crippen LogP contribution in [-0.4, -0.2) is 17.7 Å². The molecule has 0 aromatic heterocycles. The molecule has 0 spiro atoms. The van der Waals surface area contributed by atoms with Gasteiger partial charge in [0.1, 0.15) is 0 Å². The number of carbonyl (C=O) groups excluding carboxylic acids is 2. The number of allylic oxidation sites excluding steroid dienone is 2. The molecule has 12 heteroatoms. The summed E-state index contributed by atoms with van der Waals surface area (Å²) in [5.41, 5.74) is -1.68. The Morgan fingerprint density at radius 2 is 1.23 bits per heavy atom. The van der Waals surface area contributed by atoms with Crippen molar-refractivity contribution in [1.82, 2.24) is 0 Å². The lowest BCUT2D eigenvalue weighted by Crippen LogP contribution is -2.44. The maximum absolute atomic E-state index is 14.7. The molecule has 0 fully saturated rings. The number of halogens is 8. The summed E-state index contributed by atoms with van der Waals surface area (Å²) in [4.78, 5) is 22.8. The highest BCUT2D eigenvalue weighted by Gasteiger charge is 2.58. The number of ether oxygens (including phenoxy) is 2. The van der Waals surface area contributed by atoms with Gasteiger partial charge in [0.2, 0.25) is 11.7 Å². The molecule has 0 atom stereocenters. The van der Waals surface area contributed by atoms with Gasteiger partial charge in [-0.25, -0.2) is 35.9 Å². The Morgan fingerprint density at radius 3 is 1.63 bits per heavy atom. The van der Waals surface area contributed by atoms with Crippen LogP contribution >= 0.6 is 0 Å². The molecule has 1 aromatic carbocycles. The molecule has 30 heavy (non-hydrogen) atoms. The molecule has 1 aliphatic carbocycles. The van der Waals surface area contributed by atoms with Crippen LogP contribution in [0.3, 0.4) is 0 Å². The van der Waals surface area contributed by atoms with E-state index in [0.717, 1.165) is 0 Å². The van der Waals surface area contributed by atoms with Gasteiger partial charge in [0, 0.05) is 17.7 Å². The van der Waals surface area contributed by atoms with Gasteiger partial charge in [0.15, 0.2) is 34.9 Å². The Bertz CT molecular complexity index is 978. The van der Waals surface area contributed by atoms with Crippen LogP contribution in [0.25, 0.3) is 0 Å². The van der Waals surface area contributed by atoms with Crippen molar-refractivity contribution in [3.8, 4) is 0 Å². The molecule has 1 aliphatic rings. The molecule has 2 rings (SSSR count). The highest BCUT2D eigenvalue weighted by molar-refractivity contribution is 5.84. The highest BCUT2D eigenvalue weighted by atomic mass is 19.2. The number of carbonyl (C=O) groups is 2. The van der Waals surface area contributed by atoms with Crippen molar-refractivity contribution in [2.75, 3.05) is 0 Å². The first kappa shape index (κ1) is 22.8. The van der Waals surface area contributed by atoms with Gasteiger partial charge < -0.3 is 9.47 Å². The van der Waals surface area contributed by atoms with Crippen LogP contribution in [0.15, 0.2) is 54.7 Å². The first-order valence-electron chi connectivity index (χ1n) is 7.57. The monoisotopic (exact) mass is 440 g/mol. The fraction of sp³-hybridized carbons (Fsp3) is 0.111. The zero-order valence-corrected chi connectivity index (χ0v) is 14.4. The van der Waals surface area contributed by atoms with E-state index in [-0.39, 0.29) is 18.2 Å². The average Bonchev–Trinajstić information content (AvgIpc) is 2.72. The standard InChI is InChI=1S/C18H8F8O4/c1-3-8(27)29-18(30-9(28)4-2)16(25)13(22)10(14(23)17(18)26)6-5-7(19)12(21)15(24)11(6)20/h3-5,10H,1-2H2. The fourth-order valence-electron chi connectivity index (χ4n) is 2.42. The third-order valence-corrected chi connectivity index (χ3v) is 3.77. The molecule has 0 aliphatic heterocycles. The Morgan fingerprint density at radius 1 is 0.800 bits per heavy atom. The second-order valence-corrected chi connectivity index (χ2v) is 5.51. The summed E-state index contributed by atoms with van der Waals surface area (Å²) in [5.74, 6) is -30.2. The third kappa shape index (κ3) is 3.48. The SMILES string of the molecule is C=CC(=O)OC1(OC(=O)C=C)C(F)=C(F)C(c2cc(F)c(F)c(F)c2F)C(F)=C1F. The van der Waals surface area contributed by atoms with E-state index in [0.29, 0.717) is 0 Å². The predicted molar refractivity (Wildman–Crippen MR) is 82.8 cm³/mol. The molecular formula is C18H8F8O4. The smallest absolute Gasteiger partial charge is 0.369 e. The molecule has 0 heterocycles. The molecule has 0 N–H and O–H groups in total. The van der Waals surface area contributed by atoms with Crippen LogP contribution in [0, 0.1) is 23.3 Å². The first-order valence-corrected chi connectivity index (χ1v) is 7.57. The number of rotatable bonds is 5. The normalized spacial score (nSPS) is 16.4. The molecule has 1 aromatic rings. The minimum absolute atomic E-state index is 0.239. The second-order valence-electron chi connectivity index (χ2n) is 5.51. The van der Waals surface area contributed by atoms with E-state index in [1.807, 2.05) is 0 Å². The second kappa shape index (κ2) is 8.13. The lowest BCUT2D eigenvalue weighted by Gasteiger charge is -2.34. The van der Waals surface area contributed by atoms with E-state index in [1.165, 1.54) is 0 Å². The van der Waals surface area contributed by atoms with Crippen molar-refractivity contribution in [2.24, 2.45) is 0 Å². The van der Waals surface area contributed by atoms with Gasteiger partial charge in [-0.05, 0) is 6.07 Å². The summed E-state index contributed by atoms with van der Waals surface area (Å²) in [7, 11) is 0. The van der Waals surface area contributed by atoms with E-state index in [1.54, 1.807) is 0 Å². The summed E-state index contributed by atoms with van der Waals surface area (Å²) in [6, 6.07) is -0.239. The molecule has 0 radical (unpaired) electrons. The Balaban J connectivity index is 2.80. The molecule has 160 valence electrons. The van der Waals surface area contributed by atoms with Gasteiger partial charge in [0.05, 0.1) is 5.92 Å². The van der Waals surface area contributed by atoms with Gasteiger partial charge in [0.25, 0.3) is 0 Å². The van der Waals surface area contributed by atoms with Gasteiger partial charge in [-0.1, -0.05) is 13.2 Å². The summed E-state index contributed by atoms with van der Waals surface area (Å²) in [6.45, 7) is 5.76. The summed E-state index contributed by atoms with van der Waals surface area (Å²) in [6.07, 6.45) is 0.576. The first-order chi connectivity index (χ1) is 13.9. The van der Waals surface area contributed by atoms with Crippen molar-refractivity contribution < 1.29 is 54.2 Å². The van der Waals surface area contributed by atoms with Crippen molar-refractivity contribution >= 4 is 11.9 Å². The molecule has 0 amide bonds. The van der Waals surface area contributed by atoms with Gasteiger partial charge in [-0.2, -0.15) is 8.78 Å². The largest absolute Gasteiger partial charge is 0.406 e. The topological polar surface area (TPSA) is 52.6 Å². The predicted octanol–water partition coefficient (Wildman–Crippen LogP) is 4.80. The molecule has 4 nitrogen and oxygen atoms in total. The van der Waals surface area contributed by atoms with Crippen LogP contribution in [0.2, 0.25) is 0 Å². The summed E-state index contributed by atoms with van der Waals surface area (Å²) < 4.78 is 121. The Hall–Kier alpha value is -3.44. The zero-order valence-electron chi connectivity index (χ0n) is 14.4. The van der Waals surface area contributed by atoms with Crippen molar-refractivity contribution in [2.45, 2.75) is 11.7 Å². The quantitative estimate of drug-likeness (QED) is 0.165. The van der Waals surface area contributed by atoms with E-state index >= 15 is 0 Å². The van der Waals surface area contributed by atoms with E-state index in [2.05, 4.69) is 22.6 Å². The van der Waals surface area contributed by atoms with Crippen LogP contribution < -0.4 is 0 Å². The van der Waals surface area contributed by atoms with Crippen molar-refractivity contribution in [1.29, 1.82) is 0 Å². The molecule has 0 saturated heterocycles. The molecule has 0 unspecified atom stereocenters. The number of esters is 2. The summed E-state index contributed by atoms with van der Waals surface area (Å²) >= 11 is 0. The molecular weight excluding hydrogens is 432 g/mol. The van der Waals surface area contributed by atoms with Crippen LogP contribution in [-0.2, 0) is 19.1 Å². The third-order valence-electron chi connectivity index (χ3n) is 3.77. The van der Waals surface area contributed by atoms with Crippen molar-refractivity contribution in [3.05, 3.63) is 83.5 Å². The van der Waals surface area contributed by atoms with Crippen LogP contribution in [0.5, 0.6) is 0 Å². The Kier molecular flexibility index (Phi) is 6.19. The highest BCUT2D eigenvalue weighted by Crippen LogP contribution is 2.51. The van der Waals surface area contributed by atoms with Gasteiger partial charge in [-0.15, -0.1) is 0 Å². The average molecular weight is 440 g/mol. The van der Waals surface area contributed by atoms with E-state index < -0.39 is 75.8 Å². The Labute approximate surface area is 162 Å². The number of hydrogen-bond donors (Lipinski definition) is 0. The van der Waals surface area contributed by atoms with E-state index in [9.17, 15) is 44.7 Å². The molecule has 0 bridgehead atoms. The number of benzene rings is 1. The minimum atomic E-state index is -4.07. The van der Waals surface area contributed by atoms with Gasteiger partial charge in [-0.3, -0.25) is 0 Å². The zero-order chi connectivity index (χ0) is 23.0. The van der Waals surface area contributed by atoms with Crippen LogP contribution in [0.1, 0.15) is 11.5 Å². The minimum Gasteiger partial charge on any atom is -0.406 e. The maximum atomic E-state index is 14.7. The lowest BCUT2D eigenvalue weighted by atomic mass is 9.88. The summed E-state index contributed by atoms with van der Waals surface area (Å²) in [5, 5.41) is 0. The lowest BCUT2D eigenvalue weighted by molar-refractivity contribution is -0.209. The van der Waals surface area contributed by atoms with Crippen LogP contribution in [0.4, 0.5) is 35.1 Å². The molecule has 0 saturated carbocycles. The fourth-order valence-corrected chi connectivity index (χ4v) is 2.42. The number of hydrogen-bond acceptors (Lipinski definition) is 4.